The molecule has 0 unspecified atom stereocenters. The van der Waals surface area contributed by atoms with E-state index < -0.39 is 5.97 Å². The zero-order chi connectivity index (χ0) is 13.3. The van der Waals surface area contributed by atoms with Gasteiger partial charge in [0, 0.05) is 5.54 Å². The van der Waals surface area contributed by atoms with Crippen molar-refractivity contribution in [1.29, 1.82) is 0 Å². The fourth-order valence-corrected chi connectivity index (χ4v) is 1.80. The van der Waals surface area contributed by atoms with E-state index in [-0.39, 0.29) is 12.1 Å². The molecule has 0 spiro atoms. The van der Waals surface area contributed by atoms with Crippen molar-refractivity contribution in [3.05, 3.63) is 24.3 Å². The van der Waals surface area contributed by atoms with Gasteiger partial charge in [0.05, 0.1) is 11.0 Å². The molecule has 0 aliphatic carbocycles. The van der Waals surface area contributed by atoms with Crippen molar-refractivity contribution in [3.8, 4) is 0 Å². The summed E-state index contributed by atoms with van der Waals surface area (Å²) in [5.74, 6) is -0.291. The van der Waals surface area contributed by atoms with Crippen LogP contribution in [0.2, 0.25) is 0 Å². The molecule has 0 atom stereocenters. The second-order valence-electron chi connectivity index (χ2n) is 5.28. The van der Waals surface area contributed by atoms with E-state index in [1.54, 1.807) is 4.57 Å². The van der Waals surface area contributed by atoms with Crippen LogP contribution >= 0.6 is 0 Å². The number of hydrogen-bond donors (Lipinski definition) is 2. The molecule has 0 bridgehead atoms. The number of para-hydroxylation sites is 2. The minimum atomic E-state index is -0.880. The van der Waals surface area contributed by atoms with Gasteiger partial charge < -0.3 is 10.4 Å². The standard InChI is InChI=1S/C13H17N3O2/c1-13(2,3)15-12-14-9-6-4-5-7-10(9)16(12)8-11(17)18/h4-7H,8H2,1-3H3,(H,14,15)(H,17,18). The minimum Gasteiger partial charge on any atom is -0.480 e. The molecule has 96 valence electrons. The molecule has 5 nitrogen and oxygen atoms in total. The largest absolute Gasteiger partial charge is 0.480 e. The van der Waals surface area contributed by atoms with E-state index >= 15 is 0 Å². The molecule has 2 aromatic rings. The van der Waals surface area contributed by atoms with Crippen LogP contribution in [0.1, 0.15) is 20.8 Å². The average molecular weight is 247 g/mol. The molecular weight excluding hydrogens is 230 g/mol. The van der Waals surface area contributed by atoms with Crippen molar-refractivity contribution in [2.75, 3.05) is 5.32 Å². The molecule has 0 saturated carbocycles. The first-order valence-electron chi connectivity index (χ1n) is 5.82. The number of hydrogen-bond acceptors (Lipinski definition) is 3. The highest BCUT2D eigenvalue weighted by atomic mass is 16.4. The summed E-state index contributed by atoms with van der Waals surface area (Å²) in [6, 6.07) is 7.52. The Morgan fingerprint density at radius 3 is 2.67 bits per heavy atom. The highest BCUT2D eigenvalue weighted by Crippen LogP contribution is 2.21. The van der Waals surface area contributed by atoms with E-state index in [4.69, 9.17) is 5.11 Å². The van der Waals surface area contributed by atoms with Crippen LogP contribution in [0.25, 0.3) is 11.0 Å². The molecule has 18 heavy (non-hydrogen) atoms. The van der Waals surface area contributed by atoms with Crippen LogP contribution < -0.4 is 5.32 Å². The SMILES string of the molecule is CC(C)(C)Nc1nc2ccccc2n1CC(=O)O. The maximum absolute atomic E-state index is 11.0. The fourth-order valence-electron chi connectivity index (χ4n) is 1.80. The highest BCUT2D eigenvalue weighted by Gasteiger charge is 2.17. The lowest BCUT2D eigenvalue weighted by atomic mass is 10.1. The van der Waals surface area contributed by atoms with E-state index in [9.17, 15) is 4.79 Å². The smallest absolute Gasteiger partial charge is 0.323 e. The Bertz CT molecular complexity index is 581. The third-order valence-electron chi connectivity index (χ3n) is 2.43. The Morgan fingerprint density at radius 2 is 2.06 bits per heavy atom. The molecule has 0 aliphatic rings. The van der Waals surface area contributed by atoms with Crippen LogP contribution in [0.15, 0.2) is 24.3 Å². The van der Waals surface area contributed by atoms with Gasteiger partial charge in [-0.1, -0.05) is 12.1 Å². The summed E-state index contributed by atoms with van der Waals surface area (Å²) < 4.78 is 1.68. The Kier molecular flexibility index (Phi) is 2.98. The topological polar surface area (TPSA) is 67.2 Å². The van der Waals surface area contributed by atoms with Gasteiger partial charge in [-0.25, -0.2) is 4.98 Å². The zero-order valence-corrected chi connectivity index (χ0v) is 10.8. The Morgan fingerprint density at radius 1 is 1.39 bits per heavy atom. The highest BCUT2D eigenvalue weighted by molar-refractivity contribution is 5.81. The Labute approximate surface area is 105 Å². The summed E-state index contributed by atoms with van der Waals surface area (Å²) >= 11 is 0. The summed E-state index contributed by atoms with van der Waals surface area (Å²) in [5, 5.41) is 12.2. The lowest BCUT2D eigenvalue weighted by Gasteiger charge is -2.21. The molecule has 0 amide bonds. The number of benzene rings is 1. The maximum Gasteiger partial charge on any atom is 0.323 e. The van der Waals surface area contributed by atoms with Gasteiger partial charge in [0.15, 0.2) is 0 Å². The molecule has 0 fully saturated rings. The quantitative estimate of drug-likeness (QED) is 0.873. The number of carbonyl (C=O) groups is 1. The average Bonchev–Trinajstić information content (AvgIpc) is 2.54. The predicted octanol–water partition coefficient (Wildman–Crippen LogP) is 2.33. The number of aromatic nitrogens is 2. The number of carboxylic acid groups (broad SMARTS) is 1. The molecule has 0 aliphatic heterocycles. The molecule has 5 heteroatoms. The van der Waals surface area contributed by atoms with Gasteiger partial charge in [-0.05, 0) is 32.9 Å². The second-order valence-corrected chi connectivity index (χ2v) is 5.28. The summed E-state index contributed by atoms with van der Waals surface area (Å²) in [6.07, 6.45) is 0. The van der Waals surface area contributed by atoms with Crippen LogP contribution in [0.5, 0.6) is 0 Å². The van der Waals surface area contributed by atoms with E-state index in [0.717, 1.165) is 11.0 Å². The summed E-state index contributed by atoms with van der Waals surface area (Å²) in [4.78, 5) is 15.4. The van der Waals surface area contributed by atoms with Gasteiger partial charge in [0.25, 0.3) is 0 Å². The van der Waals surface area contributed by atoms with Crippen LogP contribution in [0.4, 0.5) is 5.95 Å². The van der Waals surface area contributed by atoms with Gasteiger partial charge in [0.1, 0.15) is 6.54 Å². The Balaban J connectivity index is 2.53. The number of anilines is 1. The Hall–Kier alpha value is -2.04. The molecule has 2 rings (SSSR count). The molecule has 2 N–H and O–H groups in total. The minimum absolute atomic E-state index is 0.0983. The number of nitrogens with one attached hydrogen (secondary N) is 1. The van der Waals surface area contributed by atoms with Gasteiger partial charge >= 0.3 is 5.97 Å². The zero-order valence-electron chi connectivity index (χ0n) is 10.8. The first kappa shape index (κ1) is 12.4. The van der Waals surface area contributed by atoms with Crippen molar-refractivity contribution in [2.45, 2.75) is 32.9 Å². The molecule has 1 heterocycles. The van der Waals surface area contributed by atoms with Crippen molar-refractivity contribution in [1.82, 2.24) is 9.55 Å². The third-order valence-corrected chi connectivity index (χ3v) is 2.43. The summed E-state index contributed by atoms with van der Waals surface area (Å²) in [5.41, 5.74) is 1.45. The first-order valence-corrected chi connectivity index (χ1v) is 5.82. The van der Waals surface area contributed by atoms with Crippen molar-refractivity contribution in [2.24, 2.45) is 0 Å². The molecule has 1 aromatic heterocycles. The van der Waals surface area contributed by atoms with Crippen LogP contribution in [0.3, 0.4) is 0 Å². The number of aliphatic carboxylic acids is 1. The van der Waals surface area contributed by atoms with Crippen molar-refractivity contribution in [3.63, 3.8) is 0 Å². The van der Waals surface area contributed by atoms with Crippen molar-refractivity contribution < 1.29 is 9.90 Å². The summed E-state index contributed by atoms with van der Waals surface area (Å²) in [6.45, 7) is 5.94. The van der Waals surface area contributed by atoms with Gasteiger partial charge in [0.2, 0.25) is 5.95 Å². The van der Waals surface area contributed by atoms with Gasteiger partial charge in [-0.2, -0.15) is 0 Å². The predicted molar refractivity (Wildman–Crippen MR) is 70.7 cm³/mol. The monoisotopic (exact) mass is 247 g/mol. The number of imidazole rings is 1. The number of fused-ring (bicyclic) bond motifs is 1. The van der Waals surface area contributed by atoms with E-state index in [1.807, 2.05) is 45.0 Å². The van der Waals surface area contributed by atoms with E-state index in [2.05, 4.69) is 10.3 Å². The second kappa shape index (κ2) is 4.33. The van der Waals surface area contributed by atoms with E-state index in [0.29, 0.717) is 5.95 Å². The van der Waals surface area contributed by atoms with E-state index in [1.165, 1.54) is 0 Å². The third kappa shape index (κ3) is 2.61. The molecule has 0 radical (unpaired) electrons. The van der Waals surface area contributed by atoms with Crippen LogP contribution in [-0.2, 0) is 11.3 Å². The normalized spacial score (nSPS) is 11.7. The first-order chi connectivity index (χ1) is 8.37. The fraction of sp³-hybridized carbons (Fsp3) is 0.385. The summed E-state index contributed by atoms with van der Waals surface area (Å²) in [7, 11) is 0. The van der Waals surface area contributed by atoms with Gasteiger partial charge in [-0.15, -0.1) is 0 Å². The van der Waals surface area contributed by atoms with Crippen LogP contribution in [0, 0.1) is 0 Å². The van der Waals surface area contributed by atoms with Crippen LogP contribution in [-0.4, -0.2) is 26.2 Å². The molecule has 1 aromatic carbocycles. The lowest BCUT2D eigenvalue weighted by molar-refractivity contribution is -0.137. The number of nitrogens with zero attached hydrogens (tertiary/aromatic N) is 2. The van der Waals surface area contributed by atoms with Gasteiger partial charge in [-0.3, -0.25) is 9.36 Å². The van der Waals surface area contributed by atoms with Crippen molar-refractivity contribution >= 4 is 23.0 Å². The number of rotatable bonds is 3. The molecule has 0 saturated heterocycles. The number of carboxylic acids is 1. The maximum atomic E-state index is 11.0. The lowest BCUT2D eigenvalue weighted by Crippen LogP contribution is -2.28. The molecular formula is C13H17N3O2.